The minimum atomic E-state index is 0.106. The van der Waals surface area contributed by atoms with E-state index in [1.165, 1.54) is 17.8 Å². The van der Waals surface area contributed by atoms with Crippen LogP contribution in [0.1, 0.15) is 35.9 Å². The van der Waals surface area contributed by atoms with Crippen LogP contribution in [-0.4, -0.2) is 71.8 Å². The Morgan fingerprint density at radius 1 is 1.00 bits per heavy atom. The van der Waals surface area contributed by atoms with E-state index in [1.807, 2.05) is 51.6 Å². The lowest BCUT2D eigenvalue weighted by Crippen LogP contribution is -2.53. The van der Waals surface area contributed by atoms with Crippen LogP contribution in [0, 0.1) is 0 Å². The molecule has 2 amide bonds. The van der Waals surface area contributed by atoms with Crippen molar-refractivity contribution < 1.29 is 9.59 Å². The van der Waals surface area contributed by atoms with Gasteiger partial charge in [-0.1, -0.05) is 30.3 Å². The first-order valence-electron chi connectivity index (χ1n) is 10.6. The summed E-state index contributed by atoms with van der Waals surface area (Å²) in [6, 6.07) is 12.5. The molecule has 5 nitrogen and oxygen atoms in total. The van der Waals surface area contributed by atoms with Gasteiger partial charge in [0.1, 0.15) is 0 Å². The Labute approximate surface area is 176 Å². The van der Waals surface area contributed by atoms with Gasteiger partial charge in [-0.05, 0) is 43.2 Å². The van der Waals surface area contributed by atoms with Gasteiger partial charge in [0.15, 0.2) is 0 Å². The van der Waals surface area contributed by atoms with Crippen molar-refractivity contribution in [3.63, 3.8) is 0 Å². The zero-order chi connectivity index (χ0) is 20.2. The summed E-state index contributed by atoms with van der Waals surface area (Å²) in [4.78, 5) is 32.8. The molecule has 2 aromatic rings. The molecule has 1 aromatic carbocycles. The Hall–Kier alpha value is -2.18. The van der Waals surface area contributed by atoms with E-state index in [4.69, 9.17) is 0 Å². The van der Waals surface area contributed by atoms with E-state index >= 15 is 0 Å². The zero-order valence-electron chi connectivity index (χ0n) is 17.0. The Morgan fingerprint density at radius 2 is 1.76 bits per heavy atom. The highest BCUT2D eigenvalue weighted by molar-refractivity contribution is 7.12. The van der Waals surface area contributed by atoms with Gasteiger partial charge >= 0.3 is 0 Å². The van der Waals surface area contributed by atoms with Crippen LogP contribution in [0.2, 0.25) is 0 Å². The predicted molar refractivity (Wildman–Crippen MR) is 117 cm³/mol. The summed E-state index contributed by atoms with van der Waals surface area (Å²) < 4.78 is 0. The summed E-state index contributed by atoms with van der Waals surface area (Å²) in [5.41, 5.74) is 2.09. The minimum Gasteiger partial charge on any atom is -0.339 e. The fraction of sp³-hybridized carbons (Fsp3) is 0.478. The number of carbonyl (C=O) groups excluding carboxylic acids is 2. The van der Waals surface area contributed by atoms with Gasteiger partial charge in [-0.25, -0.2) is 0 Å². The van der Waals surface area contributed by atoms with Crippen LogP contribution < -0.4 is 0 Å². The molecule has 2 saturated heterocycles. The lowest BCUT2D eigenvalue weighted by Gasteiger charge is -2.38. The smallest absolute Gasteiger partial charge is 0.264 e. The summed E-state index contributed by atoms with van der Waals surface area (Å²) >= 11 is 1.51. The number of piperidine rings is 1. The Balaban J connectivity index is 1.34. The normalized spacial score (nSPS) is 20.7. The van der Waals surface area contributed by atoms with Crippen molar-refractivity contribution in [2.75, 3.05) is 39.3 Å². The van der Waals surface area contributed by atoms with Gasteiger partial charge in [-0.2, -0.15) is 0 Å². The monoisotopic (exact) mass is 411 g/mol. The van der Waals surface area contributed by atoms with Crippen molar-refractivity contribution in [1.82, 2.24) is 14.7 Å². The van der Waals surface area contributed by atoms with Crippen LogP contribution in [0.15, 0.2) is 41.8 Å². The SMILES string of the molecule is CC1CCCCN1C(=O)CN1CCN(C(=O)c2sccc2-c2ccccc2)CC1. The van der Waals surface area contributed by atoms with E-state index in [2.05, 4.69) is 11.8 Å². The Morgan fingerprint density at radius 3 is 2.48 bits per heavy atom. The van der Waals surface area contributed by atoms with E-state index in [0.29, 0.717) is 25.7 Å². The van der Waals surface area contributed by atoms with Gasteiger partial charge in [0.2, 0.25) is 5.91 Å². The largest absolute Gasteiger partial charge is 0.339 e. The lowest BCUT2D eigenvalue weighted by molar-refractivity contribution is -0.136. The number of carbonyl (C=O) groups is 2. The van der Waals surface area contributed by atoms with Crippen LogP contribution in [0.25, 0.3) is 11.1 Å². The first-order chi connectivity index (χ1) is 14.1. The molecule has 0 N–H and O–H groups in total. The van der Waals surface area contributed by atoms with E-state index < -0.39 is 0 Å². The highest BCUT2D eigenvalue weighted by Gasteiger charge is 2.28. The molecule has 0 saturated carbocycles. The molecule has 2 aliphatic rings. The van der Waals surface area contributed by atoms with E-state index in [1.54, 1.807) is 0 Å². The molecule has 2 aliphatic heterocycles. The molecule has 0 spiro atoms. The summed E-state index contributed by atoms with van der Waals surface area (Å²) in [6.45, 7) is 6.37. The third-order valence-corrected chi connectivity index (χ3v) is 6.99. The molecule has 29 heavy (non-hydrogen) atoms. The topological polar surface area (TPSA) is 43.9 Å². The highest BCUT2D eigenvalue weighted by atomic mass is 32.1. The van der Waals surface area contributed by atoms with Gasteiger partial charge < -0.3 is 9.80 Å². The van der Waals surface area contributed by atoms with Crippen LogP contribution in [0.5, 0.6) is 0 Å². The standard InChI is InChI=1S/C23H29N3O2S/c1-18-7-5-6-11-26(18)21(27)17-24-12-14-25(15-13-24)23(28)22-20(10-16-29-22)19-8-3-2-4-9-19/h2-4,8-10,16,18H,5-7,11-15,17H2,1H3. The van der Waals surface area contributed by atoms with Gasteiger partial charge in [0.25, 0.3) is 5.91 Å². The minimum absolute atomic E-state index is 0.106. The number of thiophene rings is 1. The van der Waals surface area contributed by atoms with Crippen LogP contribution in [0.3, 0.4) is 0 Å². The molecule has 3 heterocycles. The molecule has 1 aromatic heterocycles. The molecule has 1 atom stereocenters. The second-order valence-electron chi connectivity index (χ2n) is 8.03. The summed E-state index contributed by atoms with van der Waals surface area (Å²) in [5.74, 6) is 0.344. The van der Waals surface area contributed by atoms with Crippen LogP contribution >= 0.6 is 11.3 Å². The second kappa shape index (κ2) is 9.09. The maximum absolute atomic E-state index is 13.1. The highest BCUT2D eigenvalue weighted by Crippen LogP contribution is 2.29. The van der Waals surface area contributed by atoms with Crippen molar-refractivity contribution in [2.45, 2.75) is 32.2 Å². The first-order valence-corrected chi connectivity index (χ1v) is 11.5. The summed E-state index contributed by atoms with van der Waals surface area (Å²) in [6.07, 6.45) is 3.45. The number of hydrogen-bond donors (Lipinski definition) is 0. The van der Waals surface area contributed by atoms with Crippen molar-refractivity contribution in [3.8, 4) is 11.1 Å². The number of nitrogens with zero attached hydrogens (tertiary/aromatic N) is 3. The number of hydrogen-bond acceptors (Lipinski definition) is 4. The third kappa shape index (κ3) is 4.54. The molecule has 0 radical (unpaired) electrons. The molecule has 154 valence electrons. The maximum Gasteiger partial charge on any atom is 0.264 e. The second-order valence-corrected chi connectivity index (χ2v) is 8.95. The van der Waals surface area contributed by atoms with Gasteiger partial charge in [0, 0.05) is 44.3 Å². The molecule has 2 fully saturated rings. The fourth-order valence-corrected chi connectivity index (χ4v) is 5.21. The Bertz CT molecular complexity index is 843. The average molecular weight is 412 g/mol. The van der Waals surface area contributed by atoms with E-state index in [0.717, 1.165) is 48.5 Å². The first kappa shape index (κ1) is 20.1. The van der Waals surface area contributed by atoms with Crippen molar-refractivity contribution >= 4 is 23.2 Å². The Kier molecular flexibility index (Phi) is 6.31. The zero-order valence-corrected chi connectivity index (χ0v) is 17.9. The fourth-order valence-electron chi connectivity index (χ4n) is 4.32. The number of benzene rings is 1. The summed E-state index contributed by atoms with van der Waals surface area (Å²) in [7, 11) is 0. The molecule has 0 bridgehead atoms. The number of piperazine rings is 1. The number of rotatable bonds is 4. The average Bonchev–Trinajstić information content (AvgIpc) is 3.24. The quantitative estimate of drug-likeness (QED) is 0.773. The van der Waals surface area contributed by atoms with Gasteiger partial charge in [-0.15, -0.1) is 11.3 Å². The van der Waals surface area contributed by atoms with E-state index in [9.17, 15) is 9.59 Å². The van der Waals surface area contributed by atoms with Gasteiger partial charge in [0.05, 0.1) is 11.4 Å². The van der Waals surface area contributed by atoms with Crippen molar-refractivity contribution in [2.24, 2.45) is 0 Å². The van der Waals surface area contributed by atoms with E-state index in [-0.39, 0.29) is 11.8 Å². The molecule has 1 unspecified atom stereocenters. The lowest BCUT2D eigenvalue weighted by atomic mass is 10.0. The maximum atomic E-state index is 13.1. The van der Waals surface area contributed by atoms with Crippen LogP contribution in [0.4, 0.5) is 0 Å². The predicted octanol–water partition coefficient (Wildman–Crippen LogP) is 3.57. The molecule has 6 heteroatoms. The molecule has 4 rings (SSSR count). The van der Waals surface area contributed by atoms with Crippen LogP contribution in [-0.2, 0) is 4.79 Å². The van der Waals surface area contributed by atoms with Crippen molar-refractivity contribution in [3.05, 3.63) is 46.7 Å². The molecular formula is C23H29N3O2S. The number of amides is 2. The summed E-state index contributed by atoms with van der Waals surface area (Å²) in [5, 5.41) is 1.99. The molecular weight excluding hydrogens is 382 g/mol. The van der Waals surface area contributed by atoms with Crippen molar-refractivity contribution in [1.29, 1.82) is 0 Å². The van der Waals surface area contributed by atoms with Gasteiger partial charge in [-0.3, -0.25) is 14.5 Å². The molecule has 0 aliphatic carbocycles. The third-order valence-electron chi connectivity index (χ3n) is 6.09. The number of likely N-dealkylation sites (tertiary alicyclic amines) is 1.